The minimum atomic E-state index is -0.101. The van der Waals surface area contributed by atoms with Crippen molar-refractivity contribution >= 4 is 5.91 Å². The van der Waals surface area contributed by atoms with Crippen LogP contribution in [0.5, 0.6) is 17.2 Å². The third kappa shape index (κ3) is 4.30. The number of rotatable bonds is 7. The molecule has 150 valence electrons. The summed E-state index contributed by atoms with van der Waals surface area (Å²) < 4.78 is 18.0. The van der Waals surface area contributed by atoms with E-state index in [-0.39, 0.29) is 17.6 Å². The molecule has 1 amide bonds. The molecule has 28 heavy (non-hydrogen) atoms. The molecule has 0 radical (unpaired) electrons. The van der Waals surface area contributed by atoms with Gasteiger partial charge < -0.3 is 23.7 Å². The second-order valence-electron chi connectivity index (χ2n) is 6.95. The van der Waals surface area contributed by atoms with Gasteiger partial charge in [0.15, 0.2) is 0 Å². The first-order chi connectivity index (χ1) is 13.4. The largest absolute Gasteiger partial charge is 0.497 e. The van der Waals surface area contributed by atoms with Crippen molar-refractivity contribution in [3.05, 3.63) is 51.9 Å². The molecule has 0 saturated carbocycles. The van der Waals surface area contributed by atoms with E-state index in [2.05, 4.69) is 0 Å². The van der Waals surface area contributed by atoms with Crippen LogP contribution in [0, 0.1) is 6.92 Å². The van der Waals surface area contributed by atoms with Crippen molar-refractivity contribution in [3.8, 4) is 17.2 Å². The topological polar surface area (TPSA) is 70.0 Å². The number of carbonyl (C=O) groups excluding carboxylic acids is 1. The molecule has 1 fully saturated rings. The van der Waals surface area contributed by atoms with Crippen molar-refractivity contribution in [3.63, 3.8) is 0 Å². The third-order valence-corrected chi connectivity index (χ3v) is 5.08. The summed E-state index contributed by atoms with van der Waals surface area (Å²) in [5, 5.41) is 0. The van der Waals surface area contributed by atoms with Crippen LogP contribution in [-0.4, -0.2) is 48.8 Å². The van der Waals surface area contributed by atoms with Gasteiger partial charge in [-0.3, -0.25) is 9.59 Å². The number of hydrogen-bond acceptors (Lipinski definition) is 5. The second-order valence-corrected chi connectivity index (χ2v) is 6.95. The van der Waals surface area contributed by atoms with E-state index in [1.165, 1.54) is 6.07 Å². The fourth-order valence-corrected chi connectivity index (χ4v) is 3.17. The van der Waals surface area contributed by atoms with Crippen molar-refractivity contribution < 1.29 is 19.0 Å². The van der Waals surface area contributed by atoms with E-state index in [0.29, 0.717) is 31.7 Å². The number of benzene rings is 1. The molecule has 0 bridgehead atoms. The Morgan fingerprint density at radius 2 is 1.86 bits per heavy atom. The Balaban J connectivity index is 1.50. The summed E-state index contributed by atoms with van der Waals surface area (Å²) >= 11 is 0. The summed E-state index contributed by atoms with van der Waals surface area (Å²) in [6, 6.07) is 8.92. The number of aryl methyl sites for hydroxylation is 2. The van der Waals surface area contributed by atoms with Crippen LogP contribution < -0.4 is 19.8 Å². The Labute approximate surface area is 164 Å². The average Bonchev–Trinajstić information content (AvgIpc) is 2.66. The quantitative estimate of drug-likeness (QED) is 0.727. The highest BCUT2D eigenvalue weighted by atomic mass is 16.5. The number of amides is 1. The summed E-state index contributed by atoms with van der Waals surface area (Å²) in [6.45, 7) is 2.93. The normalized spacial score (nSPS) is 13.8. The molecule has 3 rings (SSSR count). The highest BCUT2D eigenvalue weighted by Crippen LogP contribution is 2.26. The monoisotopic (exact) mass is 386 g/mol. The number of aromatic nitrogens is 1. The number of pyridine rings is 1. The number of hydrogen-bond donors (Lipinski definition) is 0. The van der Waals surface area contributed by atoms with Gasteiger partial charge in [0.05, 0.1) is 27.3 Å². The highest BCUT2D eigenvalue weighted by molar-refractivity contribution is 5.77. The zero-order chi connectivity index (χ0) is 20.3. The summed E-state index contributed by atoms with van der Waals surface area (Å²) in [5.41, 5.74) is 1.71. The lowest BCUT2D eigenvalue weighted by molar-refractivity contribution is -0.139. The van der Waals surface area contributed by atoms with Gasteiger partial charge in [-0.15, -0.1) is 0 Å². The molecule has 1 aromatic heterocycles. The zero-order valence-electron chi connectivity index (χ0n) is 16.7. The highest BCUT2D eigenvalue weighted by Gasteiger charge is 2.32. The van der Waals surface area contributed by atoms with E-state index >= 15 is 0 Å². The molecule has 2 aromatic rings. The summed E-state index contributed by atoms with van der Waals surface area (Å²) in [7, 11) is 4.94. The molecule has 1 saturated heterocycles. The van der Waals surface area contributed by atoms with E-state index in [0.717, 1.165) is 22.8 Å². The Morgan fingerprint density at radius 3 is 2.50 bits per heavy atom. The van der Waals surface area contributed by atoms with Crippen molar-refractivity contribution in [1.29, 1.82) is 0 Å². The summed E-state index contributed by atoms with van der Waals surface area (Å²) in [5.74, 6) is 2.08. The molecule has 0 aliphatic carbocycles. The van der Waals surface area contributed by atoms with Gasteiger partial charge in [-0.1, -0.05) is 6.07 Å². The third-order valence-electron chi connectivity index (χ3n) is 5.08. The lowest BCUT2D eigenvalue weighted by atomic mass is 10.1. The molecule has 0 unspecified atom stereocenters. The van der Waals surface area contributed by atoms with Gasteiger partial charge in [-0.25, -0.2) is 0 Å². The lowest BCUT2D eigenvalue weighted by Crippen LogP contribution is -2.56. The zero-order valence-corrected chi connectivity index (χ0v) is 16.7. The van der Waals surface area contributed by atoms with E-state index in [4.69, 9.17) is 14.2 Å². The van der Waals surface area contributed by atoms with Crippen molar-refractivity contribution in [2.45, 2.75) is 25.9 Å². The smallest absolute Gasteiger partial charge is 0.254 e. The van der Waals surface area contributed by atoms with Crippen LogP contribution in [0.15, 0.2) is 35.1 Å². The Bertz CT molecular complexity index is 915. The fraction of sp³-hybridized carbons (Fsp3) is 0.429. The van der Waals surface area contributed by atoms with Crippen molar-refractivity contribution in [1.82, 2.24) is 9.47 Å². The number of ether oxygens (including phenoxy) is 3. The minimum Gasteiger partial charge on any atom is -0.497 e. The molecular weight excluding hydrogens is 360 g/mol. The first-order valence-electron chi connectivity index (χ1n) is 9.24. The van der Waals surface area contributed by atoms with Crippen LogP contribution in [0.25, 0.3) is 0 Å². The van der Waals surface area contributed by atoms with Crippen molar-refractivity contribution in [2.75, 3.05) is 27.3 Å². The minimum absolute atomic E-state index is 0.0778. The van der Waals surface area contributed by atoms with E-state index in [1.807, 2.05) is 31.2 Å². The number of nitrogens with zero attached hydrogens (tertiary/aromatic N) is 2. The summed E-state index contributed by atoms with van der Waals surface area (Å²) in [4.78, 5) is 26.0. The number of likely N-dealkylation sites (tertiary alicyclic amines) is 1. The molecule has 1 aromatic carbocycles. The van der Waals surface area contributed by atoms with Gasteiger partial charge in [0.25, 0.3) is 5.56 Å². The molecule has 0 spiro atoms. The molecule has 7 heteroatoms. The van der Waals surface area contributed by atoms with Gasteiger partial charge >= 0.3 is 0 Å². The predicted molar refractivity (Wildman–Crippen MR) is 105 cm³/mol. The van der Waals surface area contributed by atoms with Crippen LogP contribution in [0.3, 0.4) is 0 Å². The van der Waals surface area contributed by atoms with E-state index < -0.39 is 0 Å². The second kappa shape index (κ2) is 8.37. The SMILES string of the molecule is COc1ccc(CCC(=O)N2CC(Oc3cc(C)n(C)c(=O)c3)C2)c(OC)c1. The maximum absolute atomic E-state index is 12.4. The van der Waals surface area contributed by atoms with Crippen LogP contribution in [0.2, 0.25) is 0 Å². The molecular formula is C21H26N2O5. The first-order valence-corrected chi connectivity index (χ1v) is 9.24. The molecule has 0 atom stereocenters. The Kier molecular flexibility index (Phi) is 5.92. The number of carbonyl (C=O) groups is 1. The first kappa shape index (κ1) is 19.8. The molecule has 7 nitrogen and oxygen atoms in total. The molecule has 1 aliphatic rings. The Morgan fingerprint density at radius 1 is 1.11 bits per heavy atom. The van der Waals surface area contributed by atoms with Gasteiger partial charge in [0, 0.05) is 31.3 Å². The van der Waals surface area contributed by atoms with E-state index in [9.17, 15) is 9.59 Å². The number of methoxy groups -OCH3 is 2. The van der Waals surface area contributed by atoms with Crippen molar-refractivity contribution in [2.24, 2.45) is 7.05 Å². The van der Waals surface area contributed by atoms with Crippen LogP contribution in [0.1, 0.15) is 17.7 Å². The fourth-order valence-electron chi connectivity index (χ4n) is 3.17. The average molecular weight is 386 g/mol. The molecule has 1 aliphatic heterocycles. The maximum atomic E-state index is 12.4. The van der Waals surface area contributed by atoms with Gasteiger partial charge in [0.2, 0.25) is 5.91 Å². The lowest BCUT2D eigenvalue weighted by Gasteiger charge is -2.39. The van der Waals surface area contributed by atoms with Gasteiger partial charge in [0.1, 0.15) is 23.4 Å². The van der Waals surface area contributed by atoms with Gasteiger partial charge in [-0.2, -0.15) is 0 Å². The molecule has 2 heterocycles. The standard InChI is InChI=1S/C21H26N2O5/c1-14-9-17(11-21(25)22(14)2)28-18-12-23(13-18)20(24)8-6-15-5-7-16(26-3)10-19(15)27-4/h5,7,9-11,18H,6,8,12-13H2,1-4H3. The van der Waals surface area contributed by atoms with Crippen LogP contribution in [-0.2, 0) is 18.3 Å². The van der Waals surface area contributed by atoms with Gasteiger partial charge in [-0.05, 0) is 31.0 Å². The Hall–Kier alpha value is -2.96. The predicted octanol–water partition coefficient (Wildman–Crippen LogP) is 1.93. The van der Waals surface area contributed by atoms with Crippen LogP contribution in [0.4, 0.5) is 0 Å². The molecule has 0 N–H and O–H groups in total. The van der Waals surface area contributed by atoms with E-state index in [1.54, 1.807) is 30.7 Å². The summed E-state index contributed by atoms with van der Waals surface area (Å²) in [6.07, 6.45) is 0.925. The van der Waals surface area contributed by atoms with Crippen LogP contribution >= 0.6 is 0 Å². The maximum Gasteiger partial charge on any atom is 0.254 e.